The van der Waals surface area contributed by atoms with Crippen molar-refractivity contribution in [1.82, 2.24) is 4.72 Å². The maximum atomic E-state index is 11.7. The van der Waals surface area contributed by atoms with Gasteiger partial charge in [0.2, 0.25) is 0 Å². The molecule has 1 aromatic rings. The maximum absolute atomic E-state index is 11.7. The summed E-state index contributed by atoms with van der Waals surface area (Å²) in [5, 5.41) is 0. The van der Waals surface area contributed by atoms with Gasteiger partial charge in [0, 0.05) is 3.57 Å². The molecule has 1 N–H and O–H groups in total. The molecule has 0 aromatic heterocycles. The average Bonchev–Trinajstić information content (AvgIpc) is 2.52. The van der Waals surface area contributed by atoms with Gasteiger partial charge < -0.3 is 0 Å². The Balaban J connectivity index is 2.37. The van der Waals surface area contributed by atoms with Crippen LogP contribution in [0.5, 0.6) is 0 Å². The fourth-order valence-corrected chi connectivity index (χ4v) is 4.06. The van der Waals surface area contributed by atoms with Crippen LogP contribution in [0.25, 0.3) is 0 Å². The summed E-state index contributed by atoms with van der Waals surface area (Å²) in [6.45, 7) is 1.94. The largest absolute Gasteiger partial charge is 0.326 e. The van der Waals surface area contributed by atoms with Gasteiger partial charge in [0.1, 0.15) is 6.54 Å². The quantitative estimate of drug-likeness (QED) is 0.807. The van der Waals surface area contributed by atoms with E-state index in [1.54, 1.807) is 6.07 Å². The number of nitrogens with one attached hydrogen (secondary N) is 1. The van der Waals surface area contributed by atoms with Crippen LogP contribution in [0.3, 0.4) is 0 Å². The third-order valence-corrected chi connectivity index (χ3v) is 4.90. The molecule has 1 saturated heterocycles. The van der Waals surface area contributed by atoms with Gasteiger partial charge in [-0.1, -0.05) is 19.4 Å². The molecule has 18 heavy (non-hydrogen) atoms. The van der Waals surface area contributed by atoms with E-state index in [-0.39, 0.29) is 6.54 Å². The van der Waals surface area contributed by atoms with Crippen LogP contribution < -0.4 is 9.03 Å². The molecule has 98 valence electrons. The summed E-state index contributed by atoms with van der Waals surface area (Å²) in [4.78, 5) is 11.2. The lowest BCUT2D eigenvalue weighted by molar-refractivity contribution is -0.117. The zero-order valence-corrected chi connectivity index (χ0v) is 12.8. The van der Waals surface area contributed by atoms with E-state index in [4.69, 9.17) is 0 Å². The Labute approximate surface area is 120 Å². The molecule has 0 saturated carbocycles. The molecule has 5 nitrogen and oxygen atoms in total. The summed E-state index contributed by atoms with van der Waals surface area (Å²) in [6.07, 6.45) is 2.00. The standard InChI is InChI=1S/C11H13IN2O3S/c1-2-3-8-4-5-10(9(12)6-8)14-7-11(15)13-18(14,16)17/h4-6H,2-3,7H2,1H3,(H,13,15). The van der Waals surface area contributed by atoms with Gasteiger partial charge in [-0.2, -0.15) is 8.42 Å². The monoisotopic (exact) mass is 380 g/mol. The fourth-order valence-electron chi connectivity index (χ4n) is 1.86. The highest BCUT2D eigenvalue weighted by molar-refractivity contribution is 14.1. The Morgan fingerprint density at radius 2 is 2.17 bits per heavy atom. The third-order valence-electron chi connectivity index (χ3n) is 2.64. The van der Waals surface area contributed by atoms with Gasteiger partial charge in [-0.15, -0.1) is 0 Å². The van der Waals surface area contributed by atoms with E-state index in [0.717, 1.165) is 20.7 Å². The van der Waals surface area contributed by atoms with Crippen molar-refractivity contribution in [3.63, 3.8) is 0 Å². The molecule has 1 aromatic carbocycles. The summed E-state index contributed by atoms with van der Waals surface area (Å²) >= 11 is 2.09. The molecule has 0 unspecified atom stereocenters. The second kappa shape index (κ2) is 5.04. The summed E-state index contributed by atoms with van der Waals surface area (Å²) < 4.78 is 27.4. The second-order valence-corrected chi connectivity index (χ2v) is 6.83. The van der Waals surface area contributed by atoms with Gasteiger partial charge in [0.15, 0.2) is 0 Å². The molecule has 1 fully saturated rings. The van der Waals surface area contributed by atoms with Crippen LogP contribution in [0.15, 0.2) is 18.2 Å². The lowest BCUT2D eigenvalue weighted by Gasteiger charge is -2.17. The Bertz CT molecular complexity index is 586. The molecule has 0 spiro atoms. The number of benzene rings is 1. The molecule has 0 radical (unpaired) electrons. The number of halogens is 1. The van der Waals surface area contributed by atoms with Crippen LogP contribution >= 0.6 is 22.6 Å². The van der Waals surface area contributed by atoms with Crippen LogP contribution in [-0.2, 0) is 21.4 Å². The number of nitrogens with zero attached hydrogens (tertiary/aromatic N) is 1. The number of amides is 1. The van der Waals surface area contributed by atoms with E-state index in [0.29, 0.717) is 5.69 Å². The molecule has 0 aliphatic carbocycles. The number of rotatable bonds is 3. The van der Waals surface area contributed by atoms with Crippen molar-refractivity contribution in [2.45, 2.75) is 19.8 Å². The number of carbonyl (C=O) groups excluding carboxylic acids is 1. The van der Waals surface area contributed by atoms with E-state index in [1.807, 2.05) is 16.9 Å². The molecule has 7 heteroatoms. The third kappa shape index (κ3) is 2.61. The van der Waals surface area contributed by atoms with Crippen molar-refractivity contribution in [2.75, 3.05) is 10.8 Å². The Hall–Kier alpha value is -0.830. The van der Waals surface area contributed by atoms with Crippen LogP contribution in [-0.4, -0.2) is 20.9 Å². The predicted octanol–water partition coefficient (Wildman–Crippen LogP) is 1.42. The topological polar surface area (TPSA) is 66.5 Å². The first-order chi connectivity index (χ1) is 8.44. The molecule has 1 heterocycles. The van der Waals surface area contributed by atoms with Crippen molar-refractivity contribution in [3.05, 3.63) is 27.3 Å². The lowest BCUT2D eigenvalue weighted by atomic mass is 10.1. The van der Waals surface area contributed by atoms with Crippen molar-refractivity contribution in [2.24, 2.45) is 0 Å². The van der Waals surface area contributed by atoms with Crippen molar-refractivity contribution >= 4 is 44.4 Å². The smallest absolute Gasteiger partial charge is 0.272 e. The van der Waals surface area contributed by atoms with Crippen LogP contribution in [0, 0.1) is 3.57 Å². The molecule has 0 atom stereocenters. The van der Waals surface area contributed by atoms with Crippen molar-refractivity contribution in [1.29, 1.82) is 0 Å². The zero-order chi connectivity index (χ0) is 13.3. The second-order valence-electron chi connectivity index (χ2n) is 4.07. The molecule has 1 aliphatic heterocycles. The molecular weight excluding hydrogens is 367 g/mol. The first-order valence-corrected chi connectivity index (χ1v) is 8.07. The Kier molecular flexibility index (Phi) is 3.81. The van der Waals surface area contributed by atoms with Crippen molar-refractivity contribution in [3.8, 4) is 0 Å². The van der Waals surface area contributed by atoms with Gasteiger partial charge >= 0.3 is 10.2 Å². The van der Waals surface area contributed by atoms with Gasteiger partial charge in [-0.05, 0) is 46.7 Å². The van der Waals surface area contributed by atoms with E-state index < -0.39 is 16.1 Å². The van der Waals surface area contributed by atoms with Crippen LogP contribution in [0.4, 0.5) is 5.69 Å². The molecule has 1 amide bonds. The normalized spacial score (nSPS) is 17.9. The molecule has 2 rings (SSSR count). The SMILES string of the molecule is CCCc1ccc(N2CC(=O)NS2(=O)=O)c(I)c1. The van der Waals surface area contributed by atoms with Crippen molar-refractivity contribution < 1.29 is 13.2 Å². The molecule has 1 aliphatic rings. The number of aryl methyl sites for hydroxylation is 1. The molecule has 0 bridgehead atoms. The van der Waals surface area contributed by atoms with E-state index in [1.165, 1.54) is 5.56 Å². The Morgan fingerprint density at radius 3 is 2.67 bits per heavy atom. The number of hydrogen-bond acceptors (Lipinski definition) is 3. The van der Waals surface area contributed by atoms with Crippen LogP contribution in [0.2, 0.25) is 0 Å². The van der Waals surface area contributed by atoms with E-state index >= 15 is 0 Å². The number of carbonyl (C=O) groups is 1. The minimum atomic E-state index is -3.71. The summed E-state index contributed by atoms with van der Waals surface area (Å²) in [6, 6.07) is 5.61. The average molecular weight is 380 g/mol. The first-order valence-electron chi connectivity index (χ1n) is 5.56. The minimum Gasteiger partial charge on any atom is -0.272 e. The number of anilines is 1. The zero-order valence-electron chi connectivity index (χ0n) is 9.81. The first kappa shape index (κ1) is 13.6. The lowest BCUT2D eigenvalue weighted by Crippen LogP contribution is -2.30. The number of hydrogen-bond donors (Lipinski definition) is 1. The predicted molar refractivity (Wildman–Crippen MR) is 77.6 cm³/mol. The van der Waals surface area contributed by atoms with Gasteiger partial charge in [0.25, 0.3) is 5.91 Å². The van der Waals surface area contributed by atoms with E-state index in [2.05, 4.69) is 29.5 Å². The van der Waals surface area contributed by atoms with Gasteiger partial charge in [-0.3, -0.25) is 4.79 Å². The fraction of sp³-hybridized carbons (Fsp3) is 0.364. The summed E-state index contributed by atoms with van der Waals surface area (Å²) in [5.41, 5.74) is 1.72. The summed E-state index contributed by atoms with van der Waals surface area (Å²) in [7, 11) is -3.71. The van der Waals surface area contributed by atoms with Gasteiger partial charge in [0.05, 0.1) is 5.69 Å². The molecular formula is C11H13IN2O3S. The van der Waals surface area contributed by atoms with Gasteiger partial charge in [-0.25, -0.2) is 9.03 Å². The maximum Gasteiger partial charge on any atom is 0.326 e. The van der Waals surface area contributed by atoms with Crippen LogP contribution in [0.1, 0.15) is 18.9 Å². The highest BCUT2D eigenvalue weighted by Crippen LogP contribution is 2.27. The Morgan fingerprint density at radius 1 is 1.44 bits per heavy atom. The minimum absolute atomic E-state index is 0.147. The highest BCUT2D eigenvalue weighted by atomic mass is 127. The van der Waals surface area contributed by atoms with E-state index in [9.17, 15) is 13.2 Å². The highest BCUT2D eigenvalue weighted by Gasteiger charge is 2.34. The summed E-state index contributed by atoms with van der Waals surface area (Å²) in [5.74, 6) is -0.497.